The zero-order chi connectivity index (χ0) is 15.4. The highest BCUT2D eigenvalue weighted by molar-refractivity contribution is 7.18. The zero-order valence-electron chi connectivity index (χ0n) is 13.1. The quantitative estimate of drug-likeness (QED) is 0.780. The number of aromatic nitrogens is 1. The van der Waals surface area contributed by atoms with Crippen LogP contribution < -0.4 is 16.4 Å². The maximum absolute atomic E-state index is 12.4. The monoisotopic (exact) mass is 310 g/mol. The molecule has 0 aliphatic heterocycles. The predicted molar refractivity (Wildman–Crippen MR) is 88.7 cm³/mol. The Morgan fingerprint density at radius 3 is 2.81 bits per heavy atom. The first-order chi connectivity index (χ1) is 9.97. The van der Waals surface area contributed by atoms with Gasteiger partial charge in [0, 0.05) is 12.6 Å². The molecule has 0 bridgehead atoms. The SMILES string of the molecule is CC(C)CNc1nc(N)c(C(=O)NC2CCCCC2C)s1. The van der Waals surface area contributed by atoms with Crippen LogP contribution in [-0.2, 0) is 0 Å². The molecule has 5 nitrogen and oxygen atoms in total. The second-order valence-electron chi connectivity index (χ2n) is 6.35. The Balaban J connectivity index is 1.98. The highest BCUT2D eigenvalue weighted by Crippen LogP contribution is 2.27. The number of nitrogen functional groups attached to an aromatic ring is 1. The second kappa shape index (κ2) is 7.11. The fraction of sp³-hybridized carbons (Fsp3) is 0.733. The van der Waals surface area contributed by atoms with Gasteiger partial charge in [0.2, 0.25) is 0 Å². The first-order valence-electron chi connectivity index (χ1n) is 7.78. The molecule has 4 N–H and O–H groups in total. The Morgan fingerprint density at radius 2 is 2.14 bits per heavy atom. The topological polar surface area (TPSA) is 80.0 Å². The first kappa shape index (κ1) is 16.1. The van der Waals surface area contributed by atoms with Gasteiger partial charge in [-0.05, 0) is 24.7 Å². The number of rotatable bonds is 5. The van der Waals surface area contributed by atoms with Gasteiger partial charge in [0.05, 0.1) is 0 Å². The first-order valence-corrected chi connectivity index (χ1v) is 8.60. The molecule has 1 aromatic rings. The average molecular weight is 310 g/mol. The Kier molecular flexibility index (Phi) is 5.45. The van der Waals surface area contributed by atoms with Crippen molar-refractivity contribution >= 4 is 28.2 Å². The Hall–Kier alpha value is -1.30. The lowest BCUT2D eigenvalue weighted by Crippen LogP contribution is -2.40. The number of thiazole rings is 1. The van der Waals surface area contributed by atoms with Crippen LogP contribution in [0.5, 0.6) is 0 Å². The molecule has 2 unspecified atom stereocenters. The molecular weight excluding hydrogens is 284 g/mol. The van der Waals surface area contributed by atoms with Crippen molar-refractivity contribution in [2.45, 2.75) is 52.5 Å². The Morgan fingerprint density at radius 1 is 1.43 bits per heavy atom. The predicted octanol–water partition coefficient (Wildman–Crippen LogP) is 3.10. The van der Waals surface area contributed by atoms with E-state index in [2.05, 4.69) is 36.4 Å². The molecule has 0 spiro atoms. The van der Waals surface area contributed by atoms with Crippen molar-refractivity contribution in [3.8, 4) is 0 Å². The molecular formula is C15H26N4OS. The summed E-state index contributed by atoms with van der Waals surface area (Å²) in [6.45, 7) is 7.29. The van der Waals surface area contributed by atoms with Gasteiger partial charge >= 0.3 is 0 Å². The number of hydrogen-bond donors (Lipinski definition) is 3. The molecule has 1 saturated carbocycles. The second-order valence-corrected chi connectivity index (χ2v) is 7.35. The largest absolute Gasteiger partial charge is 0.382 e. The van der Waals surface area contributed by atoms with Crippen LogP contribution in [0.2, 0.25) is 0 Å². The smallest absolute Gasteiger partial charge is 0.265 e. The van der Waals surface area contributed by atoms with Crippen LogP contribution in [0.25, 0.3) is 0 Å². The fourth-order valence-electron chi connectivity index (χ4n) is 2.63. The van der Waals surface area contributed by atoms with E-state index >= 15 is 0 Å². The number of hydrogen-bond acceptors (Lipinski definition) is 5. The van der Waals surface area contributed by atoms with Crippen molar-refractivity contribution in [1.29, 1.82) is 0 Å². The van der Waals surface area contributed by atoms with E-state index in [1.807, 2.05) is 0 Å². The summed E-state index contributed by atoms with van der Waals surface area (Å²) in [4.78, 5) is 17.1. The van der Waals surface area contributed by atoms with Crippen molar-refractivity contribution in [3.63, 3.8) is 0 Å². The van der Waals surface area contributed by atoms with E-state index in [-0.39, 0.29) is 11.9 Å². The minimum Gasteiger partial charge on any atom is -0.382 e. The number of amides is 1. The van der Waals surface area contributed by atoms with E-state index in [0.29, 0.717) is 22.5 Å². The standard InChI is InChI=1S/C15H26N4OS/c1-9(2)8-17-15-19-13(16)12(21-15)14(20)18-11-7-5-4-6-10(11)3/h9-11H,4-8,16H2,1-3H3,(H,17,19)(H,18,20). The summed E-state index contributed by atoms with van der Waals surface area (Å²) in [5.74, 6) is 1.31. The molecule has 0 saturated heterocycles. The van der Waals surface area contributed by atoms with Gasteiger partial charge in [-0.25, -0.2) is 4.98 Å². The third kappa shape index (κ3) is 4.33. The van der Waals surface area contributed by atoms with Gasteiger partial charge in [-0.15, -0.1) is 0 Å². The highest BCUT2D eigenvalue weighted by atomic mass is 32.1. The van der Waals surface area contributed by atoms with Crippen molar-refractivity contribution < 1.29 is 4.79 Å². The molecule has 1 fully saturated rings. The molecule has 118 valence electrons. The number of nitrogens with two attached hydrogens (primary N) is 1. The summed E-state index contributed by atoms with van der Waals surface area (Å²) in [6.07, 6.45) is 4.70. The number of nitrogens with one attached hydrogen (secondary N) is 2. The van der Waals surface area contributed by atoms with Gasteiger partial charge in [0.15, 0.2) is 5.13 Å². The summed E-state index contributed by atoms with van der Waals surface area (Å²) < 4.78 is 0. The summed E-state index contributed by atoms with van der Waals surface area (Å²) in [7, 11) is 0. The van der Waals surface area contributed by atoms with E-state index in [0.717, 1.165) is 18.1 Å². The zero-order valence-corrected chi connectivity index (χ0v) is 13.9. The third-order valence-corrected chi connectivity index (χ3v) is 4.98. The van der Waals surface area contributed by atoms with Gasteiger partial charge in [-0.3, -0.25) is 4.79 Å². The van der Waals surface area contributed by atoms with Gasteiger partial charge in [0.25, 0.3) is 5.91 Å². The number of carbonyl (C=O) groups is 1. The lowest BCUT2D eigenvalue weighted by Gasteiger charge is -2.29. The molecule has 21 heavy (non-hydrogen) atoms. The summed E-state index contributed by atoms with van der Waals surface area (Å²) in [5.41, 5.74) is 5.89. The van der Waals surface area contributed by atoms with Gasteiger partial charge < -0.3 is 16.4 Å². The molecule has 2 rings (SSSR count). The van der Waals surface area contributed by atoms with Crippen molar-refractivity contribution in [2.24, 2.45) is 11.8 Å². The number of nitrogens with zero attached hydrogens (tertiary/aromatic N) is 1. The van der Waals surface area contributed by atoms with E-state index in [9.17, 15) is 4.79 Å². The highest BCUT2D eigenvalue weighted by Gasteiger charge is 2.25. The van der Waals surface area contributed by atoms with Crippen molar-refractivity contribution in [1.82, 2.24) is 10.3 Å². The van der Waals surface area contributed by atoms with E-state index in [1.165, 1.54) is 30.6 Å². The molecule has 1 aliphatic rings. The van der Waals surface area contributed by atoms with Gasteiger partial charge in [-0.2, -0.15) is 0 Å². The molecule has 1 amide bonds. The summed E-state index contributed by atoms with van der Waals surface area (Å²) >= 11 is 1.34. The van der Waals surface area contributed by atoms with E-state index in [4.69, 9.17) is 5.73 Å². The van der Waals surface area contributed by atoms with Crippen LogP contribution >= 0.6 is 11.3 Å². The van der Waals surface area contributed by atoms with Crippen molar-refractivity contribution in [2.75, 3.05) is 17.6 Å². The van der Waals surface area contributed by atoms with Crippen LogP contribution in [0.15, 0.2) is 0 Å². The molecule has 0 radical (unpaired) electrons. The van der Waals surface area contributed by atoms with Crippen LogP contribution in [0.4, 0.5) is 10.9 Å². The minimum atomic E-state index is -0.0821. The summed E-state index contributed by atoms with van der Waals surface area (Å²) in [5, 5.41) is 7.07. The molecule has 2 atom stereocenters. The molecule has 1 aromatic heterocycles. The van der Waals surface area contributed by atoms with E-state index in [1.54, 1.807) is 0 Å². The fourth-order valence-corrected chi connectivity index (χ4v) is 3.42. The van der Waals surface area contributed by atoms with Gasteiger partial charge in [0.1, 0.15) is 10.7 Å². The lowest BCUT2D eigenvalue weighted by atomic mass is 9.86. The van der Waals surface area contributed by atoms with Crippen molar-refractivity contribution in [3.05, 3.63) is 4.88 Å². The van der Waals surface area contributed by atoms with Crippen LogP contribution in [-0.4, -0.2) is 23.5 Å². The maximum atomic E-state index is 12.4. The number of anilines is 2. The molecule has 1 aliphatic carbocycles. The molecule has 6 heteroatoms. The van der Waals surface area contributed by atoms with Crippen LogP contribution in [0.1, 0.15) is 56.1 Å². The average Bonchev–Trinajstić information content (AvgIpc) is 2.80. The Bertz CT molecular complexity index is 486. The normalized spacial score (nSPS) is 22.3. The minimum absolute atomic E-state index is 0.0821. The lowest BCUT2D eigenvalue weighted by molar-refractivity contribution is 0.0915. The third-order valence-electron chi connectivity index (χ3n) is 3.95. The molecule has 0 aromatic carbocycles. The maximum Gasteiger partial charge on any atom is 0.265 e. The van der Waals surface area contributed by atoms with Crippen LogP contribution in [0.3, 0.4) is 0 Å². The van der Waals surface area contributed by atoms with Crippen LogP contribution in [0, 0.1) is 11.8 Å². The summed E-state index contributed by atoms with van der Waals surface area (Å²) in [6, 6.07) is 0.264. The molecule has 1 heterocycles. The Labute approximate surface area is 130 Å². The number of carbonyl (C=O) groups excluding carboxylic acids is 1. The van der Waals surface area contributed by atoms with Gasteiger partial charge in [-0.1, -0.05) is 44.9 Å². The van der Waals surface area contributed by atoms with E-state index < -0.39 is 0 Å².